The van der Waals surface area contributed by atoms with Gasteiger partial charge >= 0.3 is 6.18 Å². The zero-order chi connectivity index (χ0) is 33.3. The van der Waals surface area contributed by atoms with E-state index in [1.54, 1.807) is 59.8 Å². The minimum Gasteiger partial charge on any atom is -0.306 e. The number of halogens is 6. The monoisotopic (exact) mass is 738 g/mol. The lowest BCUT2D eigenvalue weighted by Crippen LogP contribution is -2.37. The topological polar surface area (TPSA) is 66.4 Å². The Morgan fingerprint density at radius 3 is 1.74 bits per heavy atom. The van der Waals surface area contributed by atoms with E-state index in [-0.39, 0.29) is 17.4 Å². The zero-order valence-electron chi connectivity index (χ0n) is 24.4. The number of pyridine rings is 2. The van der Waals surface area contributed by atoms with Crippen molar-refractivity contribution < 1.29 is 22.8 Å². The van der Waals surface area contributed by atoms with Gasteiger partial charge in [0.2, 0.25) is 0 Å². The molecule has 3 aromatic carbocycles. The standard InChI is InChI=1S/C21H14ClF3N2O.C14H10BrClN2O/c22-15-5-6-18-13(9-15)7-8-27(20(18)28)16-10-14(11-26-12-16)17-3-1-2-4-19(17)21(23,24)25;15-10-6-12(8-17-7-10)18-4-3-9-5-11(16)1-2-13(9)14(18)19/h1-6,9-12H,7-8H2;1-2,5-8H,3-4H2. The number of nitrogens with zero attached hydrogens (tertiary/aromatic N) is 4. The van der Waals surface area contributed by atoms with Gasteiger partial charge in [-0.2, -0.15) is 13.2 Å². The molecule has 0 saturated heterocycles. The first-order valence-electron chi connectivity index (χ1n) is 14.4. The Bertz CT molecular complexity index is 2010. The van der Waals surface area contributed by atoms with E-state index in [9.17, 15) is 22.8 Å². The van der Waals surface area contributed by atoms with E-state index >= 15 is 0 Å². The van der Waals surface area contributed by atoms with Crippen LogP contribution in [0.25, 0.3) is 11.1 Å². The summed E-state index contributed by atoms with van der Waals surface area (Å²) >= 11 is 15.3. The number of anilines is 2. The molecule has 0 aliphatic carbocycles. The van der Waals surface area contributed by atoms with E-state index in [1.807, 2.05) is 12.1 Å². The van der Waals surface area contributed by atoms with Gasteiger partial charge in [-0.1, -0.05) is 41.4 Å². The highest BCUT2D eigenvalue weighted by molar-refractivity contribution is 9.10. The lowest BCUT2D eigenvalue weighted by Gasteiger charge is -2.29. The van der Waals surface area contributed by atoms with Crippen LogP contribution in [0, 0.1) is 0 Å². The molecule has 7 rings (SSSR count). The maximum absolute atomic E-state index is 13.4. The number of fused-ring (bicyclic) bond motifs is 2. The minimum absolute atomic E-state index is 0.00202. The second-order valence-electron chi connectivity index (χ2n) is 10.9. The van der Waals surface area contributed by atoms with Crippen molar-refractivity contribution in [1.29, 1.82) is 0 Å². The highest BCUT2D eigenvalue weighted by Crippen LogP contribution is 2.38. The number of carbonyl (C=O) groups excluding carboxylic acids is 2. The molecule has 0 atom stereocenters. The van der Waals surface area contributed by atoms with Crippen LogP contribution in [-0.2, 0) is 19.0 Å². The number of hydrogen-bond donors (Lipinski definition) is 0. The number of benzene rings is 3. The van der Waals surface area contributed by atoms with Gasteiger partial charge in [-0.05, 0) is 100 Å². The molecule has 0 N–H and O–H groups in total. The van der Waals surface area contributed by atoms with Gasteiger partial charge in [0.05, 0.1) is 29.3 Å². The number of rotatable bonds is 3. The Morgan fingerprint density at radius 1 is 0.660 bits per heavy atom. The number of amides is 2. The molecule has 0 spiro atoms. The second-order valence-corrected chi connectivity index (χ2v) is 12.6. The van der Waals surface area contributed by atoms with Crippen molar-refractivity contribution in [2.75, 3.05) is 22.9 Å². The molecule has 12 heteroatoms. The molecule has 238 valence electrons. The fourth-order valence-corrected chi connectivity index (χ4v) is 6.40. The fourth-order valence-electron chi connectivity index (χ4n) is 5.66. The Labute approximate surface area is 286 Å². The summed E-state index contributed by atoms with van der Waals surface area (Å²) in [6.07, 6.45) is 3.18. The van der Waals surface area contributed by atoms with E-state index in [2.05, 4.69) is 25.9 Å². The maximum atomic E-state index is 13.4. The zero-order valence-corrected chi connectivity index (χ0v) is 27.5. The largest absolute Gasteiger partial charge is 0.417 e. The van der Waals surface area contributed by atoms with Crippen LogP contribution in [0.5, 0.6) is 0 Å². The Kier molecular flexibility index (Phi) is 9.36. The third-order valence-corrected chi connectivity index (χ3v) is 8.78. The van der Waals surface area contributed by atoms with E-state index in [1.165, 1.54) is 29.4 Å². The molecule has 6 nitrogen and oxygen atoms in total. The minimum atomic E-state index is -4.48. The van der Waals surface area contributed by atoms with Crippen LogP contribution in [0.1, 0.15) is 37.4 Å². The molecule has 5 aromatic rings. The van der Waals surface area contributed by atoms with Gasteiger partial charge < -0.3 is 9.80 Å². The normalized spacial score (nSPS) is 14.3. The van der Waals surface area contributed by atoms with Gasteiger partial charge in [0.25, 0.3) is 11.8 Å². The first-order valence-corrected chi connectivity index (χ1v) is 16.0. The smallest absolute Gasteiger partial charge is 0.306 e. The maximum Gasteiger partial charge on any atom is 0.417 e. The molecule has 4 heterocycles. The van der Waals surface area contributed by atoms with Crippen molar-refractivity contribution in [2.24, 2.45) is 0 Å². The van der Waals surface area contributed by atoms with Crippen molar-refractivity contribution in [1.82, 2.24) is 9.97 Å². The molecule has 2 aliphatic heterocycles. The number of carbonyl (C=O) groups is 2. The first kappa shape index (κ1) is 32.7. The van der Waals surface area contributed by atoms with Crippen LogP contribution in [0.3, 0.4) is 0 Å². The molecule has 2 amide bonds. The van der Waals surface area contributed by atoms with Crippen LogP contribution < -0.4 is 9.80 Å². The molecule has 0 radical (unpaired) electrons. The number of aromatic nitrogens is 2. The van der Waals surface area contributed by atoms with Gasteiger partial charge in [0, 0.05) is 56.7 Å². The molecule has 0 saturated carbocycles. The van der Waals surface area contributed by atoms with Crippen LogP contribution in [0.2, 0.25) is 10.0 Å². The average molecular weight is 740 g/mol. The van der Waals surface area contributed by atoms with Gasteiger partial charge in [-0.15, -0.1) is 0 Å². The van der Waals surface area contributed by atoms with Crippen LogP contribution in [-0.4, -0.2) is 34.9 Å². The van der Waals surface area contributed by atoms with Crippen molar-refractivity contribution >= 4 is 62.3 Å². The third-order valence-electron chi connectivity index (χ3n) is 7.88. The van der Waals surface area contributed by atoms with Crippen molar-refractivity contribution in [3.8, 4) is 11.1 Å². The molecular formula is C35H24BrCl2F3N4O2. The Morgan fingerprint density at radius 2 is 1.19 bits per heavy atom. The quantitative estimate of drug-likeness (QED) is 0.185. The fraction of sp³-hybridized carbons (Fsp3) is 0.143. The lowest BCUT2D eigenvalue weighted by atomic mass is 9.97. The summed E-state index contributed by atoms with van der Waals surface area (Å²) < 4.78 is 40.9. The molecule has 2 aliphatic rings. The summed E-state index contributed by atoms with van der Waals surface area (Å²) in [4.78, 5) is 36.8. The predicted octanol–water partition coefficient (Wildman–Crippen LogP) is 9.32. The molecule has 0 unspecified atom stereocenters. The summed E-state index contributed by atoms with van der Waals surface area (Å²) in [6, 6.07) is 19.3. The van der Waals surface area contributed by atoms with E-state index < -0.39 is 11.7 Å². The average Bonchev–Trinajstić information content (AvgIpc) is 3.05. The van der Waals surface area contributed by atoms with Crippen LogP contribution in [0.4, 0.5) is 24.5 Å². The lowest BCUT2D eigenvalue weighted by molar-refractivity contribution is -0.137. The van der Waals surface area contributed by atoms with Crippen LogP contribution in [0.15, 0.2) is 102 Å². The summed E-state index contributed by atoms with van der Waals surface area (Å²) in [5.74, 6) is -0.223. The van der Waals surface area contributed by atoms with Gasteiger partial charge in [-0.3, -0.25) is 19.6 Å². The van der Waals surface area contributed by atoms with E-state index in [0.29, 0.717) is 46.4 Å². The molecule has 0 fully saturated rings. The second kappa shape index (κ2) is 13.5. The van der Waals surface area contributed by atoms with E-state index in [0.717, 1.165) is 39.3 Å². The van der Waals surface area contributed by atoms with Crippen molar-refractivity contribution in [2.45, 2.75) is 19.0 Å². The molecular weight excluding hydrogens is 716 g/mol. The molecule has 2 aromatic heterocycles. The summed E-state index contributed by atoms with van der Waals surface area (Å²) in [5.41, 5.74) is 3.99. The van der Waals surface area contributed by atoms with Crippen molar-refractivity contribution in [3.05, 3.63) is 140 Å². The number of alkyl halides is 3. The SMILES string of the molecule is O=C1c2ccc(Cl)cc2CCN1c1cncc(-c2ccccc2C(F)(F)F)c1.O=C1c2ccc(Cl)cc2CCN1c1cncc(Br)c1. The van der Waals surface area contributed by atoms with Gasteiger partial charge in [0.1, 0.15) is 0 Å². The first-order chi connectivity index (χ1) is 22.5. The van der Waals surface area contributed by atoms with Gasteiger partial charge in [-0.25, -0.2) is 0 Å². The molecule has 0 bridgehead atoms. The van der Waals surface area contributed by atoms with E-state index in [4.69, 9.17) is 23.2 Å². The van der Waals surface area contributed by atoms with Crippen LogP contribution >= 0.6 is 39.1 Å². The summed E-state index contributed by atoms with van der Waals surface area (Å²) in [7, 11) is 0. The van der Waals surface area contributed by atoms with Crippen molar-refractivity contribution in [3.63, 3.8) is 0 Å². The van der Waals surface area contributed by atoms with Gasteiger partial charge in [0.15, 0.2) is 0 Å². The number of hydrogen-bond acceptors (Lipinski definition) is 4. The predicted molar refractivity (Wildman–Crippen MR) is 180 cm³/mol. The third kappa shape index (κ3) is 7.05. The Balaban J connectivity index is 0.000000177. The molecule has 47 heavy (non-hydrogen) atoms. The highest BCUT2D eigenvalue weighted by Gasteiger charge is 2.34. The summed E-state index contributed by atoms with van der Waals surface area (Å²) in [6.45, 7) is 1.04. The summed E-state index contributed by atoms with van der Waals surface area (Å²) in [5, 5.41) is 1.23. The Hall–Kier alpha value is -4.25. The highest BCUT2D eigenvalue weighted by atomic mass is 79.9.